The number of nitrogens with zero attached hydrogens (tertiary/aromatic N) is 1. The maximum atomic E-state index is 4.00. The molecule has 0 amide bonds. The third-order valence-electron chi connectivity index (χ3n) is 0.556. The number of aryl methyl sites for hydroxylation is 1. The molecule has 0 unspecified atom stereocenters. The summed E-state index contributed by atoms with van der Waals surface area (Å²) in [6, 6.07) is 0. The Hall–Kier alpha value is -0.0705. The topological polar surface area (TPSA) is 12.9 Å². The van der Waals surface area contributed by atoms with Gasteiger partial charge in [0.1, 0.15) is 0 Å². The second-order valence-electron chi connectivity index (χ2n) is 1.13. The fourth-order valence-electron chi connectivity index (χ4n) is 0.273. The van der Waals surface area contributed by atoms with E-state index in [0.29, 0.717) is 14.5 Å². The van der Waals surface area contributed by atoms with E-state index in [2.05, 4.69) is 9.92 Å². The molecule has 1 heterocycles. The van der Waals surface area contributed by atoms with Gasteiger partial charge in [-0.05, 0) is 0 Å². The van der Waals surface area contributed by atoms with E-state index in [9.17, 15) is 0 Å². The van der Waals surface area contributed by atoms with Crippen molar-refractivity contribution in [3.63, 3.8) is 0 Å². The van der Waals surface area contributed by atoms with Crippen molar-refractivity contribution in [2.24, 2.45) is 0 Å². The molecule has 1 aromatic heterocycles. The number of hydrogen-bond donors (Lipinski definition) is 0. The molecule has 0 saturated carbocycles. The van der Waals surface area contributed by atoms with Gasteiger partial charge in [0.2, 0.25) is 0 Å². The van der Waals surface area contributed by atoms with Gasteiger partial charge in [-0.1, -0.05) is 0 Å². The Morgan fingerprint density at radius 1 is 1.83 bits per heavy atom. The van der Waals surface area contributed by atoms with Crippen molar-refractivity contribution >= 4 is 14.5 Å². The number of rotatable bonds is 0. The van der Waals surface area contributed by atoms with Gasteiger partial charge in [0.15, 0.2) is 0 Å². The SMILES string of the molecule is Cc1c[se]cn1. The van der Waals surface area contributed by atoms with Gasteiger partial charge in [0.25, 0.3) is 0 Å². The summed E-state index contributed by atoms with van der Waals surface area (Å²) in [5, 5.41) is 1.97. The molecule has 1 rings (SSSR count). The number of aromatic nitrogens is 1. The van der Waals surface area contributed by atoms with Gasteiger partial charge in [-0.3, -0.25) is 0 Å². The minimum atomic E-state index is 0.587. The summed E-state index contributed by atoms with van der Waals surface area (Å²) in [7, 11) is 0. The average molecular weight is 146 g/mol. The summed E-state index contributed by atoms with van der Waals surface area (Å²) in [6.07, 6.45) is 0. The first-order chi connectivity index (χ1) is 2.89. The first kappa shape index (κ1) is 4.10. The molecule has 0 saturated heterocycles. The summed E-state index contributed by atoms with van der Waals surface area (Å²) < 4.78 is 0. The monoisotopic (exact) mass is 147 g/mol. The molecule has 0 radical (unpaired) electrons. The van der Waals surface area contributed by atoms with Gasteiger partial charge >= 0.3 is 42.1 Å². The van der Waals surface area contributed by atoms with Crippen LogP contribution in [0, 0.1) is 6.92 Å². The molecule has 0 aliphatic carbocycles. The maximum absolute atomic E-state index is 4.00. The standard InChI is InChI=1S/C4H5NSe/c1-4-2-6-3-5-4/h2-3H,1H3. The summed E-state index contributed by atoms with van der Waals surface area (Å²) in [5.74, 6) is 0. The van der Waals surface area contributed by atoms with Crippen molar-refractivity contribution < 1.29 is 0 Å². The molecule has 32 valence electrons. The van der Waals surface area contributed by atoms with Crippen molar-refractivity contribution in [1.82, 2.24) is 4.98 Å². The molecule has 0 bridgehead atoms. The fraction of sp³-hybridized carbons (Fsp3) is 0.250. The third kappa shape index (κ3) is 0.702. The Labute approximate surface area is 42.8 Å². The van der Waals surface area contributed by atoms with Gasteiger partial charge in [0.05, 0.1) is 0 Å². The molecule has 0 aliphatic heterocycles. The van der Waals surface area contributed by atoms with Crippen LogP contribution in [0.5, 0.6) is 0 Å². The van der Waals surface area contributed by atoms with Crippen molar-refractivity contribution in [2.45, 2.75) is 6.92 Å². The molecular formula is C4H5NSe. The molecular weight excluding hydrogens is 141 g/mol. The predicted molar refractivity (Wildman–Crippen MR) is 25.9 cm³/mol. The molecule has 1 aromatic rings. The molecule has 0 atom stereocenters. The van der Waals surface area contributed by atoms with E-state index in [0.717, 1.165) is 0 Å². The summed E-state index contributed by atoms with van der Waals surface area (Å²) >= 11 is 0.587. The van der Waals surface area contributed by atoms with Crippen molar-refractivity contribution in [2.75, 3.05) is 0 Å². The van der Waals surface area contributed by atoms with Crippen LogP contribution in [0.1, 0.15) is 5.69 Å². The van der Waals surface area contributed by atoms with Crippen LogP contribution in [0.2, 0.25) is 0 Å². The zero-order valence-electron chi connectivity index (χ0n) is 3.51. The Morgan fingerprint density at radius 2 is 2.67 bits per heavy atom. The quantitative estimate of drug-likeness (QED) is 0.484. The average Bonchev–Trinajstić information content (AvgIpc) is 1.86. The van der Waals surface area contributed by atoms with E-state index < -0.39 is 0 Å². The Bertz CT molecular complexity index is 111. The number of hydrogen-bond acceptors (Lipinski definition) is 1. The molecule has 6 heavy (non-hydrogen) atoms. The van der Waals surface area contributed by atoms with E-state index in [1.54, 1.807) is 0 Å². The molecule has 2 heteroatoms. The second-order valence-corrected chi connectivity index (χ2v) is 2.64. The van der Waals surface area contributed by atoms with E-state index in [1.165, 1.54) is 5.69 Å². The zero-order chi connectivity index (χ0) is 4.41. The van der Waals surface area contributed by atoms with Crippen LogP contribution in [-0.4, -0.2) is 19.5 Å². The van der Waals surface area contributed by atoms with Crippen molar-refractivity contribution in [1.29, 1.82) is 0 Å². The second kappa shape index (κ2) is 1.59. The van der Waals surface area contributed by atoms with E-state index >= 15 is 0 Å². The fourth-order valence-corrected chi connectivity index (χ4v) is 1.42. The normalized spacial score (nSPS) is 8.83. The Kier molecular flexibility index (Phi) is 1.08. The molecule has 0 fully saturated rings. The first-order valence-corrected chi connectivity index (χ1v) is 3.72. The van der Waals surface area contributed by atoms with Crippen molar-refractivity contribution in [3.8, 4) is 0 Å². The van der Waals surface area contributed by atoms with E-state index in [-0.39, 0.29) is 0 Å². The van der Waals surface area contributed by atoms with Gasteiger partial charge in [-0.2, -0.15) is 0 Å². The van der Waals surface area contributed by atoms with E-state index in [1.807, 2.05) is 12.0 Å². The molecule has 0 N–H and O–H groups in total. The van der Waals surface area contributed by atoms with Gasteiger partial charge in [0, 0.05) is 0 Å². The van der Waals surface area contributed by atoms with Crippen LogP contribution >= 0.6 is 0 Å². The van der Waals surface area contributed by atoms with Crippen LogP contribution in [0.15, 0.2) is 10.0 Å². The Morgan fingerprint density at radius 3 is 2.83 bits per heavy atom. The van der Waals surface area contributed by atoms with Crippen LogP contribution in [0.3, 0.4) is 0 Å². The van der Waals surface area contributed by atoms with Crippen LogP contribution in [-0.2, 0) is 0 Å². The molecule has 0 spiro atoms. The molecule has 0 aliphatic rings. The molecule has 1 nitrogen and oxygen atoms in total. The summed E-state index contributed by atoms with van der Waals surface area (Å²) in [6.45, 7) is 2.02. The molecule has 0 aromatic carbocycles. The van der Waals surface area contributed by atoms with Gasteiger partial charge in [-0.15, -0.1) is 0 Å². The van der Waals surface area contributed by atoms with Crippen molar-refractivity contribution in [3.05, 3.63) is 15.7 Å². The van der Waals surface area contributed by atoms with Crippen LogP contribution in [0.4, 0.5) is 0 Å². The summed E-state index contributed by atoms with van der Waals surface area (Å²) in [4.78, 5) is 6.16. The van der Waals surface area contributed by atoms with Gasteiger partial charge < -0.3 is 0 Å². The van der Waals surface area contributed by atoms with Crippen LogP contribution < -0.4 is 0 Å². The minimum absolute atomic E-state index is 0.587. The Balaban J connectivity index is 3.05. The van der Waals surface area contributed by atoms with Gasteiger partial charge in [-0.25, -0.2) is 0 Å². The third-order valence-corrected chi connectivity index (χ3v) is 2.03. The van der Waals surface area contributed by atoms with E-state index in [4.69, 9.17) is 0 Å². The zero-order valence-corrected chi connectivity index (χ0v) is 5.22. The van der Waals surface area contributed by atoms with Crippen LogP contribution in [0.25, 0.3) is 0 Å². The first-order valence-electron chi connectivity index (χ1n) is 1.74. The summed E-state index contributed by atoms with van der Waals surface area (Å²) in [5.41, 5.74) is 1.18. The predicted octanol–water partition coefficient (Wildman–Crippen LogP) is 0.447.